The molecule has 2 N–H and O–H groups in total. The molecule has 1 saturated carbocycles. The largest absolute Gasteiger partial charge is 0.348 e. The molecule has 4 heteroatoms. The summed E-state index contributed by atoms with van der Waals surface area (Å²) in [6.07, 6.45) is 7.43. The van der Waals surface area contributed by atoms with Crippen LogP contribution in [0.5, 0.6) is 0 Å². The van der Waals surface area contributed by atoms with E-state index in [1.165, 1.54) is 32.1 Å². The molecule has 1 aliphatic carbocycles. The van der Waals surface area contributed by atoms with Gasteiger partial charge in [0.25, 0.3) is 0 Å². The van der Waals surface area contributed by atoms with E-state index in [9.17, 15) is 9.59 Å². The van der Waals surface area contributed by atoms with Gasteiger partial charge < -0.3 is 10.6 Å². The van der Waals surface area contributed by atoms with Gasteiger partial charge in [0, 0.05) is 6.54 Å². The maximum absolute atomic E-state index is 11.9. The molecule has 22 heavy (non-hydrogen) atoms. The van der Waals surface area contributed by atoms with E-state index in [1.807, 2.05) is 37.3 Å². The number of carbonyl (C=O) groups is 2. The van der Waals surface area contributed by atoms with Gasteiger partial charge in [-0.25, -0.2) is 0 Å². The maximum atomic E-state index is 11.9. The molecular formula is C18H26N2O2. The van der Waals surface area contributed by atoms with Gasteiger partial charge in [-0.05, 0) is 24.8 Å². The van der Waals surface area contributed by atoms with Crippen LogP contribution in [0.2, 0.25) is 0 Å². The van der Waals surface area contributed by atoms with Crippen LogP contribution in [0.15, 0.2) is 30.3 Å². The monoisotopic (exact) mass is 302 g/mol. The Morgan fingerprint density at radius 3 is 2.45 bits per heavy atom. The number of hydrogen-bond donors (Lipinski definition) is 2. The lowest BCUT2D eigenvalue weighted by Gasteiger charge is -2.21. The summed E-state index contributed by atoms with van der Waals surface area (Å²) in [6, 6.07) is 9.47. The van der Waals surface area contributed by atoms with Crippen molar-refractivity contribution in [1.82, 2.24) is 10.6 Å². The zero-order valence-corrected chi connectivity index (χ0v) is 13.3. The molecule has 1 atom stereocenters. The summed E-state index contributed by atoms with van der Waals surface area (Å²) < 4.78 is 0. The summed E-state index contributed by atoms with van der Waals surface area (Å²) in [6.45, 7) is 2.47. The number of benzene rings is 1. The Bertz CT molecular complexity index is 481. The van der Waals surface area contributed by atoms with E-state index in [-0.39, 0.29) is 6.04 Å². The molecule has 0 unspecified atom stereocenters. The molecule has 0 bridgehead atoms. The van der Waals surface area contributed by atoms with Crippen LogP contribution in [-0.4, -0.2) is 18.4 Å². The highest BCUT2D eigenvalue weighted by Crippen LogP contribution is 2.25. The highest BCUT2D eigenvalue weighted by molar-refractivity contribution is 6.35. The Hall–Kier alpha value is -1.84. The standard InChI is InChI=1S/C18H26N2O2/c1-14(16-10-6-3-7-11-16)20-18(22)17(21)19-13-12-15-8-4-2-5-9-15/h3,6-7,10-11,14-15H,2,4-5,8-9,12-13H2,1H3,(H,19,21)(H,20,22)/t14-/m1/s1. The lowest BCUT2D eigenvalue weighted by molar-refractivity contribution is -0.139. The fourth-order valence-electron chi connectivity index (χ4n) is 3.03. The van der Waals surface area contributed by atoms with Crippen molar-refractivity contribution in [3.8, 4) is 0 Å². The molecule has 0 aromatic heterocycles. The number of amides is 2. The Morgan fingerprint density at radius 1 is 1.09 bits per heavy atom. The first-order valence-corrected chi connectivity index (χ1v) is 8.30. The molecule has 0 aliphatic heterocycles. The first-order chi connectivity index (χ1) is 10.7. The van der Waals surface area contributed by atoms with Gasteiger partial charge in [0.15, 0.2) is 0 Å². The van der Waals surface area contributed by atoms with Crippen LogP contribution in [0.25, 0.3) is 0 Å². The van der Waals surface area contributed by atoms with Crippen molar-refractivity contribution in [3.63, 3.8) is 0 Å². The second kappa shape index (κ2) is 8.57. The van der Waals surface area contributed by atoms with Gasteiger partial charge >= 0.3 is 11.8 Å². The van der Waals surface area contributed by atoms with Gasteiger partial charge in [-0.3, -0.25) is 9.59 Å². The molecule has 0 heterocycles. The Kier molecular flexibility index (Phi) is 6.44. The average molecular weight is 302 g/mol. The van der Waals surface area contributed by atoms with Gasteiger partial charge in [-0.2, -0.15) is 0 Å². The van der Waals surface area contributed by atoms with Crippen molar-refractivity contribution in [2.75, 3.05) is 6.54 Å². The maximum Gasteiger partial charge on any atom is 0.309 e. The summed E-state index contributed by atoms with van der Waals surface area (Å²) in [5.74, 6) is -0.376. The topological polar surface area (TPSA) is 58.2 Å². The second-order valence-electron chi connectivity index (χ2n) is 6.15. The minimum atomic E-state index is -0.556. The SMILES string of the molecule is C[C@@H](NC(=O)C(=O)NCCC1CCCCC1)c1ccccc1. The Labute approximate surface area is 132 Å². The van der Waals surface area contributed by atoms with Crippen LogP contribution >= 0.6 is 0 Å². The molecule has 1 aromatic carbocycles. The van der Waals surface area contributed by atoms with E-state index in [0.717, 1.165) is 12.0 Å². The van der Waals surface area contributed by atoms with Crippen molar-refractivity contribution in [1.29, 1.82) is 0 Å². The lowest BCUT2D eigenvalue weighted by Crippen LogP contribution is -2.41. The quantitative estimate of drug-likeness (QED) is 0.822. The molecule has 1 aliphatic rings. The van der Waals surface area contributed by atoms with Crippen LogP contribution < -0.4 is 10.6 Å². The summed E-state index contributed by atoms with van der Waals surface area (Å²) >= 11 is 0. The fourth-order valence-corrected chi connectivity index (χ4v) is 3.03. The van der Waals surface area contributed by atoms with Crippen molar-refractivity contribution >= 4 is 11.8 Å². The first kappa shape index (κ1) is 16.5. The molecule has 2 amide bonds. The highest BCUT2D eigenvalue weighted by Gasteiger charge is 2.18. The molecule has 1 aromatic rings. The molecular weight excluding hydrogens is 276 g/mol. The normalized spacial score (nSPS) is 16.8. The Morgan fingerprint density at radius 2 is 1.77 bits per heavy atom. The Balaban J connectivity index is 1.69. The predicted molar refractivity (Wildman–Crippen MR) is 87.2 cm³/mol. The third-order valence-electron chi connectivity index (χ3n) is 4.42. The lowest BCUT2D eigenvalue weighted by atomic mass is 9.87. The van der Waals surface area contributed by atoms with Gasteiger partial charge in [0.1, 0.15) is 0 Å². The van der Waals surface area contributed by atoms with Crippen molar-refractivity contribution in [2.24, 2.45) is 5.92 Å². The number of carbonyl (C=O) groups excluding carboxylic acids is 2. The zero-order chi connectivity index (χ0) is 15.8. The molecule has 1 fully saturated rings. The highest BCUT2D eigenvalue weighted by atomic mass is 16.2. The molecule has 2 rings (SSSR count). The summed E-state index contributed by atoms with van der Waals surface area (Å²) in [5.41, 5.74) is 0.992. The van der Waals surface area contributed by atoms with Crippen LogP contribution in [0.1, 0.15) is 57.1 Å². The van der Waals surface area contributed by atoms with Crippen LogP contribution in [0.4, 0.5) is 0 Å². The zero-order valence-electron chi connectivity index (χ0n) is 13.3. The van der Waals surface area contributed by atoms with Gasteiger partial charge in [-0.15, -0.1) is 0 Å². The van der Waals surface area contributed by atoms with Crippen molar-refractivity contribution < 1.29 is 9.59 Å². The summed E-state index contributed by atoms with van der Waals surface area (Å²) in [4.78, 5) is 23.7. The first-order valence-electron chi connectivity index (χ1n) is 8.30. The van der Waals surface area contributed by atoms with E-state index in [1.54, 1.807) is 0 Å². The van der Waals surface area contributed by atoms with Crippen molar-refractivity contribution in [3.05, 3.63) is 35.9 Å². The van der Waals surface area contributed by atoms with Crippen LogP contribution in [-0.2, 0) is 9.59 Å². The van der Waals surface area contributed by atoms with Crippen LogP contribution in [0.3, 0.4) is 0 Å². The van der Waals surface area contributed by atoms with Gasteiger partial charge in [-0.1, -0.05) is 62.4 Å². The van der Waals surface area contributed by atoms with Crippen molar-refractivity contribution in [2.45, 2.75) is 51.5 Å². The van der Waals surface area contributed by atoms with E-state index in [2.05, 4.69) is 10.6 Å². The summed E-state index contributed by atoms with van der Waals surface area (Å²) in [5, 5.41) is 5.47. The molecule has 120 valence electrons. The number of rotatable bonds is 5. The third-order valence-corrected chi connectivity index (χ3v) is 4.42. The smallest absolute Gasteiger partial charge is 0.309 e. The third kappa shape index (κ3) is 5.17. The van der Waals surface area contributed by atoms with Crippen LogP contribution in [0, 0.1) is 5.92 Å². The van der Waals surface area contributed by atoms with E-state index >= 15 is 0 Å². The van der Waals surface area contributed by atoms with Gasteiger partial charge in [0.05, 0.1) is 6.04 Å². The second-order valence-corrected chi connectivity index (χ2v) is 6.15. The van der Waals surface area contributed by atoms with E-state index in [4.69, 9.17) is 0 Å². The molecule has 0 radical (unpaired) electrons. The molecule has 4 nitrogen and oxygen atoms in total. The molecule has 0 saturated heterocycles. The summed E-state index contributed by atoms with van der Waals surface area (Å²) in [7, 11) is 0. The van der Waals surface area contributed by atoms with Gasteiger partial charge in [0.2, 0.25) is 0 Å². The van der Waals surface area contributed by atoms with E-state index < -0.39 is 11.8 Å². The molecule has 0 spiro atoms. The number of nitrogens with one attached hydrogen (secondary N) is 2. The number of hydrogen-bond acceptors (Lipinski definition) is 2. The predicted octanol–water partition coefficient (Wildman–Crippen LogP) is 2.95. The minimum Gasteiger partial charge on any atom is -0.348 e. The fraction of sp³-hybridized carbons (Fsp3) is 0.556. The van der Waals surface area contributed by atoms with E-state index in [0.29, 0.717) is 12.5 Å². The minimum absolute atomic E-state index is 0.169. The average Bonchev–Trinajstić information content (AvgIpc) is 2.56.